The first-order chi connectivity index (χ1) is 12.3. The highest BCUT2D eigenvalue weighted by Crippen LogP contribution is 2.37. The molecule has 1 amide bonds. The molecule has 0 saturated heterocycles. The van der Waals surface area contributed by atoms with Crippen molar-refractivity contribution in [3.05, 3.63) is 63.9 Å². The van der Waals surface area contributed by atoms with Crippen LogP contribution in [0.15, 0.2) is 51.8 Å². The van der Waals surface area contributed by atoms with Gasteiger partial charge in [-0.15, -0.1) is 11.8 Å². The van der Waals surface area contributed by atoms with Gasteiger partial charge in [-0.1, -0.05) is 40.2 Å². The highest BCUT2D eigenvalue weighted by Gasteiger charge is 2.26. The first kappa shape index (κ1) is 19.4. The van der Waals surface area contributed by atoms with Gasteiger partial charge in [0.25, 0.3) is 0 Å². The van der Waals surface area contributed by atoms with Gasteiger partial charge in [-0.2, -0.15) is 0 Å². The number of thioether (sulfide) groups is 1. The number of nitrogens with one attached hydrogen (secondary N) is 1. The second-order valence-corrected chi connectivity index (χ2v) is 10.2. The molecule has 0 radical (unpaired) electrons. The van der Waals surface area contributed by atoms with Crippen LogP contribution in [0.4, 0.5) is 4.39 Å². The third-order valence-corrected chi connectivity index (χ3v) is 7.12. The monoisotopic (exact) mass is 457 g/mol. The molecule has 2 aromatic rings. The van der Waals surface area contributed by atoms with Crippen LogP contribution in [-0.2, 0) is 20.4 Å². The molecule has 0 fully saturated rings. The van der Waals surface area contributed by atoms with Crippen LogP contribution < -0.4 is 5.32 Å². The zero-order chi connectivity index (χ0) is 18.7. The molecule has 0 aromatic heterocycles. The van der Waals surface area contributed by atoms with Gasteiger partial charge in [0.15, 0.2) is 9.84 Å². The Morgan fingerprint density at radius 2 is 2.04 bits per heavy atom. The second-order valence-electron chi connectivity index (χ2n) is 6.08. The number of hydrogen-bond donors (Lipinski definition) is 1. The highest BCUT2D eigenvalue weighted by molar-refractivity contribution is 9.10. The van der Waals surface area contributed by atoms with E-state index < -0.39 is 21.5 Å². The summed E-state index contributed by atoms with van der Waals surface area (Å²) in [5.41, 5.74) is 1.33. The lowest BCUT2D eigenvalue weighted by Gasteiger charge is -2.26. The molecule has 1 N–H and O–H groups in total. The maximum absolute atomic E-state index is 13.9. The average molecular weight is 458 g/mol. The number of rotatable bonds is 5. The Hall–Kier alpha value is -1.38. The topological polar surface area (TPSA) is 63.2 Å². The van der Waals surface area contributed by atoms with Gasteiger partial charge in [-0.3, -0.25) is 4.79 Å². The van der Waals surface area contributed by atoms with Gasteiger partial charge in [0.05, 0.1) is 11.8 Å². The third kappa shape index (κ3) is 4.86. The van der Waals surface area contributed by atoms with Crippen LogP contribution in [0.5, 0.6) is 0 Å². The molecule has 26 heavy (non-hydrogen) atoms. The van der Waals surface area contributed by atoms with E-state index in [1.807, 2.05) is 0 Å². The highest BCUT2D eigenvalue weighted by atomic mass is 79.9. The molecule has 1 aliphatic rings. The van der Waals surface area contributed by atoms with Gasteiger partial charge in [-0.25, -0.2) is 12.8 Å². The van der Waals surface area contributed by atoms with Gasteiger partial charge in [-0.05, 0) is 35.7 Å². The van der Waals surface area contributed by atoms with E-state index in [0.29, 0.717) is 28.2 Å². The van der Waals surface area contributed by atoms with Gasteiger partial charge < -0.3 is 5.32 Å². The number of carbonyl (C=O) groups is 1. The second kappa shape index (κ2) is 8.10. The Morgan fingerprint density at radius 3 is 2.81 bits per heavy atom. The smallest absolute Gasteiger partial charge is 0.235 e. The zero-order valence-electron chi connectivity index (χ0n) is 13.7. The molecule has 0 bridgehead atoms. The quantitative estimate of drug-likeness (QED) is 0.740. The molecule has 138 valence electrons. The van der Waals surface area contributed by atoms with Crippen molar-refractivity contribution >= 4 is 43.4 Å². The molecule has 4 nitrogen and oxygen atoms in total. The van der Waals surface area contributed by atoms with Crippen molar-refractivity contribution in [1.82, 2.24) is 5.32 Å². The number of halogens is 2. The van der Waals surface area contributed by atoms with Crippen LogP contribution in [0.3, 0.4) is 0 Å². The minimum Gasteiger partial charge on any atom is -0.348 e. The predicted molar refractivity (Wildman–Crippen MR) is 104 cm³/mol. The summed E-state index contributed by atoms with van der Waals surface area (Å²) in [4.78, 5) is 12.8. The van der Waals surface area contributed by atoms with Crippen molar-refractivity contribution in [2.24, 2.45) is 0 Å². The van der Waals surface area contributed by atoms with E-state index in [2.05, 4.69) is 21.2 Å². The Bertz CT molecular complexity index is 934. The maximum Gasteiger partial charge on any atom is 0.235 e. The number of amides is 1. The molecule has 3 rings (SSSR count). The summed E-state index contributed by atoms with van der Waals surface area (Å²) < 4.78 is 39.3. The lowest BCUT2D eigenvalue weighted by atomic mass is 10.0. The Kier molecular flexibility index (Phi) is 6.04. The van der Waals surface area contributed by atoms with E-state index in [-0.39, 0.29) is 17.6 Å². The SMILES string of the molecule is O=C(CS(=O)(=O)Cc1cccc(Br)c1)NC1CCSc2c(F)cccc21. The molecular weight excluding hydrogens is 441 g/mol. The number of carbonyl (C=O) groups excluding carboxylic acids is 1. The van der Waals surface area contributed by atoms with Crippen LogP contribution in [0.25, 0.3) is 0 Å². The minimum absolute atomic E-state index is 0.203. The van der Waals surface area contributed by atoms with E-state index in [4.69, 9.17) is 0 Å². The first-order valence-electron chi connectivity index (χ1n) is 7.99. The maximum atomic E-state index is 13.9. The molecule has 0 spiro atoms. The Morgan fingerprint density at radius 1 is 1.27 bits per heavy atom. The standard InChI is InChI=1S/C18H17BrFNO3S2/c19-13-4-1-3-12(9-13)10-26(23,24)11-17(22)21-16-7-8-25-18-14(16)5-2-6-15(18)20/h1-6,9,16H,7-8,10-11H2,(H,21,22). The van der Waals surface area contributed by atoms with Crippen LogP contribution in [0.2, 0.25) is 0 Å². The number of hydrogen-bond acceptors (Lipinski definition) is 4. The van der Waals surface area contributed by atoms with Crippen LogP contribution in [0, 0.1) is 5.82 Å². The molecular formula is C18H17BrFNO3S2. The number of fused-ring (bicyclic) bond motifs is 1. The van der Waals surface area contributed by atoms with E-state index in [9.17, 15) is 17.6 Å². The van der Waals surface area contributed by atoms with Crippen LogP contribution in [0.1, 0.15) is 23.6 Å². The van der Waals surface area contributed by atoms with E-state index in [0.717, 1.165) is 4.47 Å². The predicted octanol–water partition coefficient (Wildman–Crippen LogP) is 3.86. The summed E-state index contributed by atoms with van der Waals surface area (Å²) in [6.07, 6.45) is 0.637. The largest absolute Gasteiger partial charge is 0.348 e. The molecule has 8 heteroatoms. The van der Waals surface area contributed by atoms with Crippen molar-refractivity contribution in [3.8, 4) is 0 Å². The number of benzene rings is 2. The zero-order valence-corrected chi connectivity index (χ0v) is 17.0. The number of sulfone groups is 1. The Labute approximate surface area is 164 Å². The van der Waals surface area contributed by atoms with Crippen molar-refractivity contribution in [2.75, 3.05) is 11.5 Å². The fraction of sp³-hybridized carbons (Fsp3) is 0.278. The normalized spacial score (nSPS) is 16.8. The summed E-state index contributed by atoms with van der Waals surface area (Å²) in [6.45, 7) is 0. The van der Waals surface area contributed by atoms with E-state index in [1.165, 1.54) is 17.8 Å². The fourth-order valence-corrected chi connectivity index (χ4v) is 5.76. The Balaban J connectivity index is 1.67. The summed E-state index contributed by atoms with van der Waals surface area (Å²) in [5, 5.41) is 2.75. The van der Waals surface area contributed by atoms with Crippen molar-refractivity contribution < 1.29 is 17.6 Å². The van der Waals surface area contributed by atoms with Gasteiger partial charge in [0.2, 0.25) is 5.91 Å². The van der Waals surface area contributed by atoms with Gasteiger partial charge >= 0.3 is 0 Å². The van der Waals surface area contributed by atoms with Crippen LogP contribution in [-0.4, -0.2) is 25.8 Å². The average Bonchev–Trinajstić information content (AvgIpc) is 2.54. The minimum atomic E-state index is -3.60. The summed E-state index contributed by atoms with van der Waals surface area (Å²) in [6, 6.07) is 11.4. The molecule has 1 aliphatic heterocycles. The summed E-state index contributed by atoms with van der Waals surface area (Å²) in [5.74, 6) is -0.996. The van der Waals surface area contributed by atoms with Gasteiger partial charge in [0, 0.05) is 15.1 Å². The van der Waals surface area contributed by atoms with Crippen molar-refractivity contribution in [2.45, 2.75) is 23.1 Å². The van der Waals surface area contributed by atoms with E-state index >= 15 is 0 Å². The molecule has 0 saturated carbocycles. The summed E-state index contributed by atoms with van der Waals surface area (Å²) >= 11 is 4.71. The van der Waals surface area contributed by atoms with Crippen molar-refractivity contribution in [3.63, 3.8) is 0 Å². The molecule has 1 atom stereocenters. The molecule has 1 heterocycles. The van der Waals surface area contributed by atoms with Crippen LogP contribution >= 0.6 is 27.7 Å². The summed E-state index contributed by atoms with van der Waals surface area (Å²) in [7, 11) is -3.60. The molecule has 0 aliphatic carbocycles. The van der Waals surface area contributed by atoms with E-state index in [1.54, 1.807) is 36.4 Å². The molecule has 1 unspecified atom stereocenters. The lowest BCUT2D eigenvalue weighted by molar-refractivity contribution is -0.119. The third-order valence-electron chi connectivity index (χ3n) is 3.99. The molecule has 2 aromatic carbocycles. The first-order valence-corrected chi connectivity index (χ1v) is 11.6. The lowest BCUT2D eigenvalue weighted by Crippen LogP contribution is -2.35. The van der Waals surface area contributed by atoms with Gasteiger partial charge in [0.1, 0.15) is 11.6 Å². The fourth-order valence-electron chi connectivity index (χ4n) is 2.90. The van der Waals surface area contributed by atoms with Crippen molar-refractivity contribution in [1.29, 1.82) is 0 Å².